The molecule has 2 heterocycles. The second-order valence-corrected chi connectivity index (χ2v) is 5.63. The summed E-state index contributed by atoms with van der Waals surface area (Å²) < 4.78 is 4.94. The van der Waals surface area contributed by atoms with Gasteiger partial charge in [0.15, 0.2) is 5.82 Å². The molecule has 0 spiro atoms. The molecule has 0 bridgehead atoms. The number of amides is 1. The summed E-state index contributed by atoms with van der Waals surface area (Å²) in [5, 5.41) is 9.60. The first kappa shape index (κ1) is 16.6. The first-order valence-corrected chi connectivity index (χ1v) is 8.00. The van der Waals surface area contributed by atoms with Crippen LogP contribution >= 0.6 is 0 Å². The van der Waals surface area contributed by atoms with Crippen molar-refractivity contribution in [2.75, 3.05) is 10.6 Å². The Morgan fingerprint density at radius 3 is 2.68 bits per heavy atom. The van der Waals surface area contributed by atoms with Crippen LogP contribution in [-0.4, -0.2) is 21.0 Å². The van der Waals surface area contributed by atoms with Crippen LogP contribution in [0, 0.1) is 13.8 Å². The Morgan fingerprint density at radius 2 is 1.96 bits per heavy atom. The topological polar surface area (TPSA) is 92.9 Å². The van der Waals surface area contributed by atoms with Crippen LogP contribution in [0.5, 0.6) is 0 Å². The van der Waals surface area contributed by atoms with Crippen LogP contribution in [0.25, 0.3) is 0 Å². The number of aromatic nitrogens is 3. The SMILES string of the molecule is CCc1ccccc1Nc1nc(C)cc(C(=O)Nc2cc(C)on2)n1. The molecule has 2 aromatic heterocycles. The first-order chi connectivity index (χ1) is 12.0. The molecule has 0 aliphatic rings. The number of benzene rings is 1. The molecule has 7 nitrogen and oxygen atoms in total. The number of hydrogen-bond acceptors (Lipinski definition) is 6. The number of aryl methyl sites for hydroxylation is 3. The molecule has 0 saturated heterocycles. The molecule has 3 aromatic rings. The molecule has 2 N–H and O–H groups in total. The van der Waals surface area contributed by atoms with E-state index in [1.807, 2.05) is 31.2 Å². The van der Waals surface area contributed by atoms with E-state index in [9.17, 15) is 4.79 Å². The summed E-state index contributed by atoms with van der Waals surface area (Å²) in [6, 6.07) is 11.2. The van der Waals surface area contributed by atoms with Crippen molar-refractivity contribution in [2.45, 2.75) is 27.2 Å². The number of nitrogens with zero attached hydrogens (tertiary/aromatic N) is 3. The predicted molar refractivity (Wildman–Crippen MR) is 95.1 cm³/mol. The number of hydrogen-bond donors (Lipinski definition) is 2. The fourth-order valence-corrected chi connectivity index (χ4v) is 2.42. The average Bonchev–Trinajstić information content (AvgIpc) is 2.99. The summed E-state index contributed by atoms with van der Waals surface area (Å²) in [7, 11) is 0. The van der Waals surface area contributed by atoms with Crippen LogP contribution in [0.4, 0.5) is 17.5 Å². The summed E-state index contributed by atoms with van der Waals surface area (Å²) in [5.74, 6) is 0.977. The molecule has 128 valence electrons. The highest BCUT2D eigenvalue weighted by Gasteiger charge is 2.13. The molecule has 0 aliphatic carbocycles. The van der Waals surface area contributed by atoms with Gasteiger partial charge in [0.2, 0.25) is 5.95 Å². The summed E-state index contributed by atoms with van der Waals surface area (Å²) in [5.41, 5.74) is 3.02. The maximum absolute atomic E-state index is 12.4. The Kier molecular flexibility index (Phi) is 4.74. The van der Waals surface area contributed by atoms with Gasteiger partial charge in [-0.15, -0.1) is 0 Å². The van der Waals surface area contributed by atoms with Gasteiger partial charge in [-0.2, -0.15) is 0 Å². The molecule has 1 amide bonds. The molecular weight excluding hydrogens is 318 g/mol. The minimum Gasteiger partial charge on any atom is -0.360 e. The predicted octanol–water partition coefficient (Wildman–Crippen LogP) is 3.64. The van der Waals surface area contributed by atoms with E-state index < -0.39 is 0 Å². The average molecular weight is 337 g/mol. The third kappa shape index (κ3) is 4.00. The van der Waals surface area contributed by atoms with Gasteiger partial charge in [0.25, 0.3) is 5.91 Å². The van der Waals surface area contributed by atoms with E-state index in [2.05, 4.69) is 32.7 Å². The van der Waals surface area contributed by atoms with Gasteiger partial charge in [0.1, 0.15) is 11.5 Å². The lowest BCUT2D eigenvalue weighted by molar-refractivity contribution is 0.102. The molecule has 0 aliphatic heterocycles. The van der Waals surface area contributed by atoms with Crippen molar-refractivity contribution in [3.05, 3.63) is 59.1 Å². The lowest BCUT2D eigenvalue weighted by Crippen LogP contribution is -2.15. The number of rotatable bonds is 5. The minimum atomic E-state index is -0.370. The Balaban J connectivity index is 1.83. The molecule has 25 heavy (non-hydrogen) atoms. The second-order valence-electron chi connectivity index (χ2n) is 5.63. The Bertz CT molecular complexity index is 904. The van der Waals surface area contributed by atoms with Crippen LogP contribution in [0.1, 0.15) is 34.4 Å². The maximum atomic E-state index is 12.4. The lowest BCUT2D eigenvalue weighted by Gasteiger charge is -2.11. The van der Waals surface area contributed by atoms with Crippen molar-refractivity contribution in [2.24, 2.45) is 0 Å². The number of carbonyl (C=O) groups is 1. The highest BCUT2D eigenvalue weighted by Crippen LogP contribution is 2.20. The number of carbonyl (C=O) groups excluding carboxylic acids is 1. The van der Waals surface area contributed by atoms with Crippen molar-refractivity contribution in [3.63, 3.8) is 0 Å². The van der Waals surface area contributed by atoms with Gasteiger partial charge in [0.05, 0.1) is 0 Å². The fraction of sp³-hybridized carbons (Fsp3) is 0.222. The van der Waals surface area contributed by atoms with E-state index in [1.165, 1.54) is 0 Å². The molecule has 1 aromatic carbocycles. The standard InChI is InChI=1S/C18H19N5O2/c1-4-13-7-5-6-8-14(13)20-18-19-11(2)9-15(21-18)17(24)22-16-10-12(3)25-23-16/h5-10H,4H2,1-3H3,(H,19,20,21)(H,22,23,24). The van der Waals surface area contributed by atoms with Crippen LogP contribution in [0.3, 0.4) is 0 Å². The third-order valence-corrected chi connectivity index (χ3v) is 3.60. The van der Waals surface area contributed by atoms with Crippen LogP contribution < -0.4 is 10.6 Å². The van der Waals surface area contributed by atoms with Gasteiger partial charge in [-0.3, -0.25) is 4.79 Å². The van der Waals surface area contributed by atoms with Gasteiger partial charge >= 0.3 is 0 Å². The number of nitrogens with one attached hydrogen (secondary N) is 2. The largest absolute Gasteiger partial charge is 0.360 e. The molecular formula is C18H19N5O2. The molecule has 0 unspecified atom stereocenters. The van der Waals surface area contributed by atoms with E-state index in [-0.39, 0.29) is 11.6 Å². The maximum Gasteiger partial charge on any atom is 0.275 e. The Labute approximate surface area is 145 Å². The van der Waals surface area contributed by atoms with E-state index >= 15 is 0 Å². The number of anilines is 3. The molecule has 0 saturated carbocycles. The van der Waals surface area contributed by atoms with E-state index in [4.69, 9.17) is 4.52 Å². The van der Waals surface area contributed by atoms with Crippen LogP contribution in [0.15, 0.2) is 40.9 Å². The zero-order valence-electron chi connectivity index (χ0n) is 14.3. The van der Waals surface area contributed by atoms with Crippen molar-refractivity contribution >= 4 is 23.4 Å². The molecule has 7 heteroatoms. The zero-order chi connectivity index (χ0) is 17.8. The molecule has 3 rings (SSSR count). The Hall–Kier alpha value is -3.22. The zero-order valence-corrected chi connectivity index (χ0v) is 14.3. The lowest BCUT2D eigenvalue weighted by atomic mass is 10.1. The highest BCUT2D eigenvalue weighted by molar-refractivity contribution is 6.02. The van der Waals surface area contributed by atoms with E-state index in [0.29, 0.717) is 23.2 Å². The minimum absolute atomic E-state index is 0.254. The molecule has 0 fully saturated rings. The van der Waals surface area contributed by atoms with Crippen molar-refractivity contribution in [1.29, 1.82) is 0 Å². The Morgan fingerprint density at radius 1 is 1.16 bits per heavy atom. The monoisotopic (exact) mass is 337 g/mol. The van der Waals surface area contributed by atoms with Gasteiger partial charge in [0, 0.05) is 17.4 Å². The fourth-order valence-electron chi connectivity index (χ4n) is 2.42. The molecule has 0 radical (unpaired) electrons. The van der Waals surface area contributed by atoms with Crippen molar-refractivity contribution in [1.82, 2.24) is 15.1 Å². The van der Waals surface area contributed by atoms with Gasteiger partial charge < -0.3 is 15.2 Å². The van der Waals surface area contributed by atoms with Gasteiger partial charge in [-0.25, -0.2) is 9.97 Å². The van der Waals surface area contributed by atoms with Crippen LogP contribution in [0.2, 0.25) is 0 Å². The van der Waals surface area contributed by atoms with E-state index in [1.54, 1.807) is 19.1 Å². The quantitative estimate of drug-likeness (QED) is 0.738. The van der Waals surface area contributed by atoms with E-state index in [0.717, 1.165) is 17.7 Å². The summed E-state index contributed by atoms with van der Waals surface area (Å²) >= 11 is 0. The summed E-state index contributed by atoms with van der Waals surface area (Å²) in [4.78, 5) is 21.1. The van der Waals surface area contributed by atoms with Crippen molar-refractivity contribution in [3.8, 4) is 0 Å². The summed E-state index contributed by atoms with van der Waals surface area (Å²) in [6.45, 7) is 5.65. The van der Waals surface area contributed by atoms with Gasteiger partial charge in [-0.05, 0) is 38.0 Å². The van der Waals surface area contributed by atoms with Crippen LogP contribution in [-0.2, 0) is 6.42 Å². The highest BCUT2D eigenvalue weighted by atomic mass is 16.5. The molecule has 0 atom stereocenters. The number of para-hydroxylation sites is 1. The van der Waals surface area contributed by atoms with Crippen molar-refractivity contribution < 1.29 is 9.32 Å². The summed E-state index contributed by atoms with van der Waals surface area (Å²) in [6.07, 6.45) is 0.883. The van der Waals surface area contributed by atoms with Gasteiger partial charge in [-0.1, -0.05) is 30.3 Å². The third-order valence-electron chi connectivity index (χ3n) is 3.60. The first-order valence-electron chi connectivity index (χ1n) is 8.00. The second kappa shape index (κ2) is 7.12. The normalized spacial score (nSPS) is 10.5. The smallest absolute Gasteiger partial charge is 0.275 e.